The van der Waals surface area contributed by atoms with Gasteiger partial charge in [-0.25, -0.2) is 0 Å². The fourth-order valence-corrected chi connectivity index (χ4v) is 0.0833. The topological polar surface area (TPSA) is 74.6 Å². The van der Waals surface area contributed by atoms with E-state index in [0.717, 1.165) is 0 Å². The van der Waals surface area contributed by atoms with E-state index in [2.05, 4.69) is 10.2 Å². The Hall–Kier alpha value is -1.06. The summed E-state index contributed by atoms with van der Waals surface area (Å²) in [6, 6.07) is 0. The van der Waals surface area contributed by atoms with Crippen LogP contribution in [0.25, 0.3) is 2.86 Å². The minimum Gasteiger partial charge on any atom is -0.481 e. The zero-order chi connectivity index (χ0) is 8.15. The van der Waals surface area contributed by atoms with Gasteiger partial charge in [0.05, 0.1) is 1.37 Å². The summed E-state index contributed by atoms with van der Waals surface area (Å²) in [5.74, 6) is -2.89. The molecular weight excluding hydrogens is 100 g/mol. The fraction of sp³-hybridized carbons (Fsp3) is 0. The van der Waals surface area contributed by atoms with Crippen LogP contribution in [-0.2, 0) is 9.59 Å². The highest BCUT2D eigenvalue weighted by Gasteiger charge is 2.02. The predicted molar refractivity (Wildman–Crippen MR) is 19.6 cm³/mol. The third-order valence-corrected chi connectivity index (χ3v) is 0.204. The maximum atomic E-state index is 10.1. The van der Waals surface area contributed by atoms with E-state index in [9.17, 15) is 9.59 Å². The summed E-state index contributed by atoms with van der Waals surface area (Å²) >= 11 is 0. The molecule has 0 spiro atoms. The first-order valence-corrected chi connectivity index (χ1v) is 1.32. The maximum Gasteiger partial charge on any atom is 0.319 e. The van der Waals surface area contributed by atoms with E-state index in [1.165, 1.54) is 0 Å². The average Bonchev–Trinajstić information content (AvgIpc) is 2.00. The van der Waals surface area contributed by atoms with Crippen molar-refractivity contribution in [3.05, 3.63) is 6.40 Å². The Balaban J connectivity index is 3.94. The Kier molecular flexibility index (Phi) is 0.714. The Morgan fingerprint density at radius 3 is 2.29 bits per heavy atom. The fourth-order valence-electron chi connectivity index (χ4n) is 0.0833. The molecule has 0 aromatic heterocycles. The number of hydrogen-bond donors (Lipinski definition) is 2. The Morgan fingerprint density at radius 1 is 1.57 bits per heavy atom. The van der Waals surface area contributed by atoms with E-state index >= 15 is 0 Å². The van der Waals surface area contributed by atoms with Gasteiger partial charge in [0.15, 0.2) is 6.40 Å². The molecule has 0 fully saturated rings. The minimum atomic E-state index is -1.45. The molecule has 0 atom stereocenters. The van der Waals surface area contributed by atoms with Gasteiger partial charge < -0.3 is 10.2 Å². The van der Waals surface area contributed by atoms with E-state index in [-0.39, 0.29) is 0 Å². The number of rotatable bonds is 2. The SMILES string of the molecule is [2H]OC(=O)[C]([2H])C(=O)O[2H]. The highest BCUT2D eigenvalue weighted by atomic mass is 16.4. The van der Waals surface area contributed by atoms with Crippen LogP contribution in [0.5, 0.6) is 0 Å². The van der Waals surface area contributed by atoms with Gasteiger partial charge >= 0.3 is 11.9 Å². The lowest BCUT2D eigenvalue weighted by Crippen LogP contribution is -2.05. The summed E-state index contributed by atoms with van der Waals surface area (Å²) in [5.41, 5.74) is 0. The summed E-state index contributed by atoms with van der Waals surface area (Å²) in [6.07, 6.45) is -1.18. The van der Waals surface area contributed by atoms with Crippen molar-refractivity contribution in [2.24, 2.45) is 0 Å². The molecular formula is C3H3O4. The van der Waals surface area contributed by atoms with Crippen LogP contribution >= 0.6 is 0 Å². The molecule has 4 heteroatoms. The molecule has 0 rings (SSSR count). The summed E-state index contributed by atoms with van der Waals surface area (Å²) in [7, 11) is 0. The second-order valence-electron chi connectivity index (χ2n) is 0.700. The van der Waals surface area contributed by atoms with Gasteiger partial charge in [-0.05, 0) is 0 Å². The molecule has 0 aromatic carbocycles. The number of carboxylic acids is 2. The van der Waals surface area contributed by atoms with E-state index in [1.807, 2.05) is 0 Å². The van der Waals surface area contributed by atoms with Gasteiger partial charge in [0.2, 0.25) is 0 Å². The van der Waals surface area contributed by atoms with Crippen LogP contribution in [0.3, 0.4) is 0 Å². The lowest BCUT2D eigenvalue weighted by Gasteiger charge is -1.79. The third-order valence-electron chi connectivity index (χ3n) is 0.204. The molecule has 0 amide bonds. The van der Waals surface area contributed by atoms with Crippen molar-refractivity contribution in [3.63, 3.8) is 0 Å². The van der Waals surface area contributed by atoms with Crippen LogP contribution in [0, 0.1) is 6.40 Å². The molecule has 0 bridgehead atoms. The number of carboxylic acid groups (broad SMARTS) is 2. The summed E-state index contributed by atoms with van der Waals surface area (Å²) in [4.78, 5) is 20.2. The summed E-state index contributed by atoms with van der Waals surface area (Å²) in [6.45, 7) is 0. The van der Waals surface area contributed by atoms with Crippen LogP contribution in [0.1, 0.15) is 1.37 Å². The number of aliphatic carboxylic acids is 2. The quantitative estimate of drug-likeness (QED) is 0.459. The molecule has 0 saturated heterocycles. The maximum absolute atomic E-state index is 10.1. The Bertz CT molecular complexity index is 131. The summed E-state index contributed by atoms with van der Waals surface area (Å²) in [5, 5.41) is 6.47. The van der Waals surface area contributed by atoms with E-state index < -0.39 is 18.3 Å². The van der Waals surface area contributed by atoms with Gasteiger partial charge in [-0.3, -0.25) is 9.59 Å². The van der Waals surface area contributed by atoms with Crippen molar-refractivity contribution in [1.82, 2.24) is 0 Å². The van der Waals surface area contributed by atoms with Crippen molar-refractivity contribution >= 4 is 11.9 Å². The van der Waals surface area contributed by atoms with E-state index in [4.69, 9.17) is 4.23 Å². The molecule has 0 saturated carbocycles. The number of hydrogen-bond acceptors (Lipinski definition) is 4. The van der Waals surface area contributed by atoms with Crippen LogP contribution in [0.2, 0.25) is 0 Å². The van der Waals surface area contributed by atoms with Crippen molar-refractivity contribution < 1.29 is 21.2 Å². The Labute approximate surface area is 43.8 Å². The van der Waals surface area contributed by atoms with Crippen LogP contribution in [0.15, 0.2) is 0 Å². The first-order chi connectivity index (χ1) is 4.63. The van der Waals surface area contributed by atoms with Crippen molar-refractivity contribution in [2.45, 2.75) is 0 Å². The smallest absolute Gasteiger partial charge is 0.319 e. The normalized spacial score (nSPS) is 13.6. The molecule has 0 aromatic rings. The zero-order valence-corrected chi connectivity index (χ0v) is 3.13. The van der Waals surface area contributed by atoms with Crippen molar-refractivity contribution in [1.29, 1.82) is 2.86 Å². The van der Waals surface area contributed by atoms with E-state index in [0.29, 0.717) is 0 Å². The van der Waals surface area contributed by atoms with Gasteiger partial charge in [-0.1, -0.05) is 0 Å². The van der Waals surface area contributed by atoms with Gasteiger partial charge in [0.1, 0.15) is 0 Å². The highest BCUT2D eigenvalue weighted by molar-refractivity contribution is 6.01. The first-order valence-electron chi connectivity index (χ1n) is 2.63. The van der Waals surface area contributed by atoms with Gasteiger partial charge in [-0.15, -0.1) is 0 Å². The molecule has 0 aliphatic carbocycles. The zero-order valence-electron chi connectivity index (χ0n) is 6.13. The molecule has 7 heavy (non-hydrogen) atoms. The van der Waals surface area contributed by atoms with Crippen LogP contribution in [-0.4, -0.2) is 22.2 Å². The van der Waals surface area contributed by atoms with Crippen molar-refractivity contribution in [3.8, 4) is 0 Å². The molecule has 4 nitrogen and oxygen atoms in total. The van der Waals surface area contributed by atoms with Gasteiger partial charge in [0.25, 0.3) is 2.86 Å². The lowest BCUT2D eigenvalue weighted by molar-refractivity contribution is -0.140. The minimum absolute atomic E-state index is 1.18. The molecule has 0 unspecified atom stereocenters. The first kappa shape index (κ1) is 2.30. The second kappa shape index (κ2) is 2.17. The van der Waals surface area contributed by atoms with Crippen molar-refractivity contribution in [2.75, 3.05) is 0 Å². The monoisotopic (exact) mass is 106 g/mol. The molecule has 1 radical (unpaired) electrons. The average molecular weight is 106 g/mol. The molecule has 0 heterocycles. The highest BCUT2D eigenvalue weighted by Crippen LogP contribution is 1.72. The van der Waals surface area contributed by atoms with Crippen LogP contribution < -0.4 is 0 Å². The van der Waals surface area contributed by atoms with E-state index in [1.54, 1.807) is 0 Å². The largest absolute Gasteiger partial charge is 0.481 e. The lowest BCUT2D eigenvalue weighted by atomic mass is 10.5. The number of carbonyl (C=O) groups is 2. The van der Waals surface area contributed by atoms with Gasteiger partial charge in [-0.2, -0.15) is 0 Å². The molecule has 2 N–H and O–H groups in total. The predicted octanol–water partition coefficient (Wildman–Crippen LogP) is -0.640. The van der Waals surface area contributed by atoms with Gasteiger partial charge in [0, 0.05) is 0 Å². The molecule has 0 aliphatic heterocycles. The third kappa shape index (κ3) is 4.94. The Morgan fingerprint density at radius 2 is 2.00 bits per heavy atom. The molecule has 39 valence electrons. The summed E-state index contributed by atoms with van der Waals surface area (Å²) < 4.78 is 18.4. The second-order valence-corrected chi connectivity index (χ2v) is 0.700. The molecule has 0 aliphatic rings. The standard InChI is InChI=1S/C3H3O4/c4-2(5)1-3(6)7/h1H,(H,4,5)(H,6,7)/i1D/hD2. The van der Waals surface area contributed by atoms with Crippen LogP contribution in [0.4, 0.5) is 0 Å².